The molecular weight excluding hydrogens is 196 g/mol. The third-order valence-electron chi connectivity index (χ3n) is 3.26. The van der Waals surface area contributed by atoms with Crippen LogP contribution >= 0.6 is 0 Å². The standard InChI is InChI=1S/C15H22O/c1-5-14(13-9-7-6-8-10-13)15(3,4)11-12(2)16/h6-10,14H,5,11H2,1-4H3/t14-/m0/s1. The Morgan fingerprint density at radius 3 is 2.25 bits per heavy atom. The minimum Gasteiger partial charge on any atom is -0.300 e. The minimum atomic E-state index is 0.0436. The first-order chi connectivity index (χ1) is 7.47. The number of Topliss-reactive ketones (excluding diaryl/α,β-unsaturated/α-hetero) is 1. The van der Waals surface area contributed by atoms with Crippen molar-refractivity contribution in [3.05, 3.63) is 35.9 Å². The largest absolute Gasteiger partial charge is 0.300 e. The summed E-state index contributed by atoms with van der Waals surface area (Å²) >= 11 is 0. The summed E-state index contributed by atoms with van der Waals surface area (Å²) in [5.74, 6) is 0.733. The van der Waals surface area contributed by atoms with Gasteiger partial charge in [-0.3, -0.25) is 0 Å². The van der Waals surface area contributed by atoms with Crippen molar-refractivity contribution >= 4 is 5.78 Å². The van der Waals surface area contributed by atoms with E-state index in [-0.39, 0.29) is 11.2 Å². The van der Waals surface area contributed by atoms with E-state index in [4.69, 9.17) is 0 Å². The van der Waals surface area contributed by atoms with Gasteiger partial charge in [0.05, 0.1) is 0 Å². The van der Waals surface area contributed by atoms with Crippen molar-refractivity contribution in [2.45, 2.75) is 46.5 Å². The minimum absolute atomic E-state index is 0.0436. The Morgan fingerprint density at radius 1 is 1.25 bits per heavy atom. The Kier molecular flexibility index (Phi) is 4.28. The number of benzene rings is 1. The number of hydrogen-bond acceptors (Lipinski definition) is 1. The number of rotatable bonds is 5. The lowest BCUT2D eigenvalue weighted by atomic mass is 9.71. The van der Waals surface area contributed by atoms with Gasteiger partial charge in [0.1, 0.15) is 5.78 Å². The smallest absolute Gasteiger partial charge is 0.130 e. The van der Waals surface area contributed by atoms with E-state index in [0.29, 0.717) is 12.3 Å². The van der Waals surface area contributed by atoms with Gasteiger partial charge in [0.2, 0.25) is 0 Å². The van der Waals surface area contributed by atoms with Crippen molar-refractivity contribution in [1.29, 1.82) is 0 Å². The Bertz CT molecular complexity index is 338. The Balaban J connectivity index is 2.94. The van der Waals surface area contributed by atoms with Gasteiger partial charge in [-0.05, 0) is 30.2 Å². The summed E-state index contributed by atoms with van der Waals surface area (Å²) in [6, 6.07) is 10.5. The molecule has 1 aromatic rings. The van der Waals surface area contributed by atoms with Crippen molar-refractivity contribution in [2.75, 3.05) is 0 Å². The van der Waals surface area contributed by atoms with E-state index >= 15 is 0 Å². The second-order valence-electron chi connectivity index (χ2n) is 5.24. The van der Waals surface area contributed by atoms with Crippen LogP contribution in [-0.4, -0.2) is 5.78 Å². The predicted molar refractivity (Wildman–Crippen MR) is 68.6 cm³/mol. The lowest BCUT2D eigenvalue weighted by molar-refractivity contribution is -0.119. The van der Waals surface area contributed by atoms with Crippen LogP contribution in [0.15, 0.2) is 30.3 Å². The predicted octanol–water partition coefficient (Wildman–Crippen LogP) is 4.19. The highest BCUT2D eigenvalue weighted by Gasteiger charge is 2.30. The molecular formula is C15H22O. The molecule has 16 heavy (non-hydrogen) atoms. The second-order valence-corrected chi connectivity index (χ2v) is 5.24. The molecule has 0 fully saturated rings. The molecule has 0 heterocycles. The molecule has 0 spiro atoms. The first-order valence-corrected chi connectivity index (χ1v) is 6.01. The molecule has 1 aromatic carbocycles. The monoisotopic (exact) mass is 218 g/mol. The number of carbonyl (C=O) groups excluding carboxylic acids is 1. The highest BCUT2D eigenvalue weighted by atomic mass is 16.1. The summed E-state index contributed by atoms with van der Waals surface area (Å²) in [6.45, 7) is 8.25. The quantitative estimate of drug-likeness (QED) is 0.724. The van der Waals surface area contributed by atoms with Crippen molar-refractivity contribution in [3.63, 3.8) is 0 Å². The third-order valence-corrected chi connectivity index (χ3v) is 3.26. The van der Waals surface area contributed by atoms with Gasteiger partial charge in [-0.2, -0.15) is 0 Å². The summed E-state index contributed by atoms with van der Waals surface area (Å²) < 4.78 is 0. The summed E-state index contributed by atoms with van der Waals surface area (Å²) in [5, 5.41) is 0. The van der Waals surface area contributed by atoms with Crippen molar-refractivity contribution in [2.24, 2.45) is 5.41 Å². The molecule has 88 valence electrons. The zero-order valence-corrected chi connectivity index (χ0v) is 10.8. The Labute approximate surface area is 98.9 Å². The van der Waals surface area contributed by atoms with Crippen molar-refractivity contribution < 1.29 is 4.79 Å². The summed E-state index contributed by atoms with van der Waals surface area (Å²) in [7, 11) is 0. The van der Waals surface area contributed by atoms with E-state index in [0.717, 1.165) is 6.42 Å². The molecule has 0 unspecified atom stereocenters. The van der Waals surface area contributed by atoms with Gasteiger partial charge in [0.25, 0.3) is 0 Å². The first-order valence-electron chi connectivity index (χ1n) is 6.01. The van der Waals surface area contributed by atoms with E-state index < -0.39 is 0 Å². The molecule has 0 aliphatic carbocycles. The van der Waals surface area contributed by atoms with Crippen molar-refractivity contribution in [3.8, 4) is 0 Å². The molecule has 0 bridgehead atoms. The zero-order valence-electron chi connectivity index (χ0n) is 10.8. The number of hydrogen-bond donors (Lipinski definition) is 0. The molecule has 0 aliphatic heterocycles. The normalized spacial score (nSPS) is 13.5. The van der Waals surface area contributed by atoms with Gasteiger partial charge in [0, 0.05) is 6.42 Å². The van der Waals surface area contributed by atoms with Crippen LogP contribution in [0.4, 0.5) is 0 Å². The Hall–Kier alpha value is -1.11. The van der Waals surface area contributed by atoms with E-state index in [1.165, 1.54) is 5.56 Å². The fourth-order valence-electron chi connectivity index (χ4n) is 2.69. The molecule has 0 amide bonds. The van der Waals surface area contributed by atoms with E-state index in [1.807, 2.05) is 6.07 Å². The molecule has 1 nitrogen and oxygen atoms in total. The number of carbonyl (C=O) groups is 1. The van der Waals surface area contributed by atoms with Crippen LogP contribution in [0.3, 0.4) is 0 Å². The molecule has 0 saturated carbocycles. The van der Waals surface area contributed by atoms with Crippen LogP contribution in [-0.2, 0) is 4.79 Å². The van der Waals surface area contributed by atoms with Crippen LogP contribution in [0.2, 0.25) is 0 Å². The fourth-order valence-corrected chi connectivity index (χ4v) is 2.69. The molecule has 0 aromatic heterocycles. The fraction of sp³-hybridized carbons (Fsp3) is 0.533. The van der Waals surface area contributed by atoms with Gasteiger partial charge in [-0.25, -0.2) is 0 Å². The van der Waals surface area contributed by atoms with Gasteiger partial charge >= 0.3 is 0 Å². The first kappa shape index (κ1) is 13.0. The van der Waals surface area contributed by atoms with Crippen LogP contribution in [0.25, 0.3) is 0 Å². The van der Waals surface area contributed by atoms with Gasteiger partial charge in [0.15, 0.2) is 0 Å². The zero-order chi connectivity index (χ0) is 12.2. The summed E-state index contributed by atoms with van der Waals surface area (Å²) in [5.41, 5.74) is 1.39. The lowest BCUT2D eigenvalue weighted by Crippen LogP contribution is -2.24. The van der Waals surface area contributed by atoms with Crippen LogP contribution in [0.1, 0.15) is 52.0 Å². The maximum atomic E-state index is 11.3. The maximum Gasteiger partial charge on any atom is 0.130 e. The van der Waals surface area contributed by atoms with Gasteiger partial charge in [-0.15, -0.1) is 0 Å². The van der Waals surface area contributed by atoms with Crippen LogP contribution in [0.5, 0.6) is 0 Å². The van der Waals surface area contributed by atoms with Gasteiger partial charge < -0.3 is 4.79 Å². The average Bonchev–Trinajstić information content (AvgIpc) is 2.17. The molecule has 1 rings (SSSR count). The second kappa shape index (κ2) is 5.29. The highest BCUT2D eigenvalue weighted by Crippen LogP contribution is 2.40. The van der Waals surface area contributed by atoms with Crippen molar-refractivity contribution in [1.82, 2.24) is 0 Å². The molecule has 0 saturated heterocycles. The third kappa shape index (κ3) is 3.19. The molecule has 0 radical (unpaired) electrons. The van der Waals surface area contributed by atoms with Gasteiger partial charge in [-0.1, -0.05) is 51.1 Å². The lowest BCUT2D eigenvalue weighted by Gasteiger charge is -2.33. The maximum absolute atomic E-state index is 11.3. The van der Waals surface area contributed by atoms with E-state index in [9.17, 15) is 4.79 Å². The van der Waals surface area contributed by atoms with E-state index in [2.05, 4.69) is 45.0 Å². The molecule has 0 aliphatic rings. The molecule has 0 N–H and O–H groups in total. The summed E-state index contributed by atoms with van der Waals surface area (Å²) in [4.78, 5) is 11.3. The topological polar surface area (TPSA) is 17.1 Å². The SMILES string of the molecule is CC[C@@H](c1ccccc1)C(C)(C)CC(C)=O. The molecule has 1 atom stereocenters. The average molecular weight is 218 g/mol. The van der Waals surface area contributed by atoms with E-state index in [1.54, 1.807) is 6.92 Å². The van der Waals surface area contributed by atoms with Crippen LogP contribution in [0, 0.1) is 5.41 Å². The highest BCUT2D eigenvalue weighted by molar-refractivity contribution is 5.76. The summed E-state index contributed by atoms with van der Waals surface area (Å²) in [6.07, 6.45) is 1.73. The Morgan fingerprint density at radius 2 is 1.81 bits per heavy atom. The number of ketones is 1. The molecule has 1 heteroatoms. The van der Waals surface area contributed by atoms with Crippen LogP contribution < -0.4 is 0 Å².